The molecule has 23 heavy (non-hydrogen) atoms. The van der Waals surface area contributed by atoms with Crippen LogP contribution in [0.15, 0.2) is 51.4 Å². The van der Waals surface area contributed by atoms with Crippen LogP contribution in [0, 0.1) is 0 Å². The number of hydrogen-bond acceptors (Lipinski definition) is 3. The molecule has 1 amide bonds. The van der Waals surface area contributed by atoms with Crippen molar-refractivity contribution in [2.24, 2.45) is 0 Å². The minimum Gasteiger partial charge on any atom is -0.497 e. The quantitative estimate of drug-likeness (QED) is 0.674. The van der Waals surface area contributed by atoms with Gasteiger partial charge in [-0.3, -0.25) is 4.79 Å². The molecule has 2 rings (SSSR count). The summed E-state index contributed by atoms with van der Waals surface area (Å²) in [5.74, 6) is 1.18. The fourth-order valence-corrected chi connectivity index (χ4v) is 3.36. The van der Waals surface area contributed by atoms with Crippen LogP contribution in [0.3, 0.4) is 0 Å². The summed E-state index contributed by atoms with van der Waals surface area (Å²) in [5.41, 5.74) is 1.49. The lowest BCUT2D eigenvalue weighted by Crippen LogP contribution is -2.07. The molecule has 0 aliphatic heterocycles. The van der Waals surface area contributed by atoms with Crippen molar-refractivity contribution < 1.29 is 14.3 Å². The van der Waals surface area contributed by atoms with E-state index in [9.17, 15) is 4.79 Å². The molecule has 0 spiro atoms. The van der Waals surface area contributed by atoms with Crippen LogP contribution >= 0.6 is 31.9 Å². The summed E-state index contributed by atoms with van der Waals surface area (Å²) in [6.45, 7) is 0. The maximum absolute atomic E-state index is 12.0. The van der Waals surface area contributed by atoms with Crippen LogP contribution in [0.5, 0.6) is 11.5 Å². The van der Waals surface area contributed by atoms with E-state index < -0.39 is 0 Å². The predicted octanol–water partition coefficient (Wildman–Crippen LogP) is 4.88. The minimum atomic E-state index is -0.228. The molecule has 0 atom stereocenters. The van der Waals surface area contributed by atoms with Gasteiger partial charge in [0.1, 0.15) is 11.5 Å². The van der Waals surface area contributed by atoms with E-state index in [1.165, 1.54) is 6.08 Å². The first-order valence-electron chi connectivity index (χ1n) is 6.69. The van der Waals surface area contributed by atoms with Gasteiger partial charge >= 0.3 is 0 Å². The van der Waals surface area contributed by atoms with E-state index >= 15 is 0 Å². The van der Waals surface area contributed by atoms with Crippen LogP contribution < -0.4 is 14.8 Å². The van der Waals surface area contributed by atoms with Crippen LogP contribution in [0.1, 0.15) is 5.56 Å². The number of benzene rings is 2. The lowest BCUT2D eigenvalue weighted by Gasteiger charge is -2.08. The molecule has 2 aromatic rings. The Bertz CT molecular complexity index is 727. The van der Waals surface area contributed by atoms with Crippen molar-refractivity contribution in [3.05, 3.63) is 57.0 Å². The van der Waals surface area contributed by atoms with Gasteiger partial charge in [-0.25, -0.2) is 0 Å². The number of hydrogen-bond donors (Lipinski definition) is 1. The highest BCUT2D eigenvalue weighted by Crippen LogP contribution is 2.33. The Morgan fingerprint density at radius 2 is 1.78 bits per heavy atom. The molecule has 0 heterocycles. The maximum Gasteiger partial charge on any atom is 0.248 e. The number of rotatable bonds is 5. The second-order valence-electron chi connectivity index (χ2n) is 4.56. The number of ether oxygens (including phenoxy) is 2. The standard InChI is InChI=1S/C17H15Br2NO3/c1-22-14-6-4-13(5-7-14)20-16(21)8-3-11-9-12(18)10-15(19)17(11)23-2/h3-10H,1-2H3,(H,20,21)/b8-3+. The number of carbonyl (C=O) groups excluding carboxylic acids is 1. The van der Waals surface area contributed by atoms with Crippen molar-refractivity contribution in [1.29, 1.82) is 0 Å². The molecule has 0 aliphatic rings. The summed E-state index contributed by atoms with van der Waals surface area (Å²) >= 11 is 6.85. The Balaban J connectivity index is 2.11. The zero-order valence-corrected chi connectivity index (χ0v) is 15.8. The second kappa shape index (κ2) is 8.17. The van der Waals surface area contributed by atoms with Crippen LogP contribution in [0.2, 0.25) is 0 Å². The van der Waals surface area contributed by atoms with Gasteiger partial charge < -0.3 is 14.8 Å². The second-order valence-corrected chi connectivity index (χ2v) is 6.33. The van der Waals surface area contributed by atoms with E-state index in [2.05, 4.69) is 37.2 Å². The van der Waals surface area contributed by atoms with E-state index in [1.807, 2.05) is 12.1 Å². The fourth-order valence-electron chi connectivity index (χ4n) is 1.94. The third kappa shape index (κ3) is 4.84. The minimum absolute atomic E-state index is 0.228. The Kier molecular flexibility index (Phi) is 6.24. The molecule has 0 bridgehead atoms. The van der Waals surface area contributed by atoms with E-state index in [0.717, 1.165) is 20.3 Å². The zero-order valence-electron chi connectivity index (χ0n) is 12.6. The number of halogens is 2. The van der Waals surface area contributed by atoms with Gasteiger partial charge in [-0.2, -0.15) is 0 Å². The van der Waals surface area contributed by atoms with Gasteiger partial charge in [0.15, 0.2) is 0 Å². The van der Waals surface area contributed by atoms with Gasteiger partial charge in [-0.05, 0) is 58.4 Å². The van der Waals surface area contributed by atoms with Gasteiger partial charge in [0.25, 0.3) is 0 Å². The number of carbonyl (C=O) groups is 1. The van der Waals surface area contributed by atoms with Gasteiger partial charge in [0.2, 0.25) is 5.91 Å². The molecule has 0 saturated carbocycles. The Morgan fingerprint density at radius 1 is 1.09 bits per heavy atom. The molecule has 0 aliphatic carbocycles. The highest BCUT2D eigenvalue weighted by molar-refractivity contribution is 9.11. The first kappa shape index (κ1) is 17.6. The van der Waals surface area contributed by atoms with Crippen molar-refractivity contribution in [1.82, 2.24) is 0 Å². The fraction of sp³-hybridized carbons (Fsp3) is 0.118. The first-order chi connectivity index (χ1) is 11.0. The van der Waals surface area contributed by atoms with Gasteiger partial charge in [-0.15, -0.1) is 0 Å². The lowest BCUT2D eigenvalue weighted by molar-refractivity contribution is -0.111. The van der Waals surface area contributed by atoms with Crippen molar-refractivity contribution in [3.63, 3.8) is 0 Å². The SMILES string of the molecule is COc1ccc(NC(=O)/C=C/c2cc(Br)cc(Br)c2OC)cc1. The van der Waals surface area contributed by atoms with E-state index in [4.69, 9.17) is 9.47 Å². The van der Waals surface area contributed by atoms with E-state index in [1.54, 1.807) is 44.6 Å². The summed E-state index contributed by atoms with van der Waals surface area (Å²) in [7, 11) is 3.18. The van der Waals surface area contributed by atoms with Gasteiger partial charge in [0, 0.05) is 21.8 Å². The lowest BCUT2D eigenvalue weighted by atomic mass is 10.2. The van der Waals surface area contributed by atoms with Crippen molar-refractivity contribution in [2.45, 2.75) is 0 Å². The number of nitrogens with one attached hydrogen (secondary N) is 1. The molecule has 1 N–H and O–H groups in total. The predicted molar refractivity (Wildman–Crippen MR) is 99.1 cm³/mol. The highest BCUT2D eigenvalue weighted by Gasteiger charge is 2.07. The van der Waals surface area contributed by atoms with E-state index in [-0.39, 0.29) is 5.91 Å². The normalized spacial score (nSPS) is 10.6. The molecule has 0 saturated heterocycles. The summed E-state index contributed by atoms with van der Waals surface area (Å²) in [5, 5.41) is 2.78. The smallest absolute Gasteiger partial charge is 0.248 e. The summed E-state index contributed by atoms with van der Waals surface area (Å²) in [6, 6.07) is 10.9. The third-order valence-corrected chi connectivity index (χ3v) is 4.06. The van der Waals surface area contributed by atoms with Crippen LogP contribution in [-0.4, -0.2) is 20.1 Å². The molecule has 0 aromatic heterocycles. The molecular weight excluding hydrogens is 426 g/mol. The maximum atomic E-state index is 12.0. The van der Waals surface area contributed by atoms with Crippen LogP contribution in [0.25, 0.3) is 6.08 Å². The molecule has 120 valence electrons. The Labute approximate surface area is 151 Å². The molecule has 6 heteroatoms. The molecule has 0 radical (unpaired) electrons. The molecular formula is C17H15Br2NO3. The third-order valence-electron chi connectivity index (χ3n) is 3.01. The van der Waals surface area contributed by atoms with Gasteiger partial charge in [0.05, 0.1) is 18.7 Å². The zero-order chi connectivity index (χ0) is 16.8. The summed E-state index contributed by atoms with van der Waals surface area (Å²) in [4.78, 5) is 12.0. The van der Waals surface area contributed by atoms with Gasteiger partial charge in [-0.1, -0.05) is 15.9 Å². The van der Waals surface area contributed by atoms with Crippen molar-refractivity contribution in [3.8, 4) is 11.5 Å². The number of anilines is 1. The monoisotopic (exact) mass is 439 g/mol. The number of amides is 1. The topological polar surface area (TPSA) is 47.6 Å². The largest absolute Gasteiger partial charge is 0.497 e. The van der Waals surface area contributed by atoms with Crippen LogP contribution in [0.4, 0.5) is 5.69 Å². The molecule has 4 nitrogen and oxygen atoms in total. The van der Waals surface area contributed by atoms with Crippen molar-refractivity contribution in [2.75, 3.05) is 19.5 Å². The average molecular weight is 441 g/mol. The van der Waals surface area contributed by atoms with E-state index in [0.29, 0.717) is 11.4 Å². The summed E-state index contributed by atoms with van der Waals surface area (Å²) < 4.78 is 12.1. The molecule has 0 unspecified atom stereocenters. The highest BCUT2D eigenvalue weighted by atomic mass is 79.9. The molecule has 0 fully saturated rings. The van der Waals surface area contributed by atoms with Crippen LogP contribution in [-0.2, 0) is 4.79 Å². The Morgan fingerprint density at radius 3 is 2.39 bits per heavy atom. The summed E-state index contributed by atoms with van der Waals surface area (Å²) in [6.07, 6.45) is 3.16. The molecule has 2 aromatic carbocycles. The average Bonchev–Trinajstić information content (AvgIpc) is 2.53. The number of methoxy groups -OCH3 is 2. The van der Waals surface area contributed by atoms with Crippen molar-refractivity contribution >= 4 is 49.5 Å². The first-order valence-corrected chi connectivity index (χ1v) is 8.28. The Hall–Kier alpha value is -1.79.